The van der Waals surface area contributed by atoms with Crippen molar-refractivity contribution < 1.29 is 9.47 Å². The Hall–Kier alpha value is -2.36. The predicted octanol–water partition coefficient (Wildman–Crippen LogP) is 3.54. The molecular weight excluding hydrogens is 264 g/mol. The highest BCUT2D eigenvalue weighted by Gasteiger charge is 2.04. The van der Waals surface area contributed by atoms with Crippen molar-refractivity contribution in [1.29, 1.82) is 0 Å². The van der Waals surface area contributed by atoms with Gasteiger partial charge in [-0.05, 0) is 31.2 Å². The Morgan fingerprint density at radius 3 is 2.24 bits per heavy atom. The summed E-state index contributed by atoms with van der Waals surface area (Å²) >= 11 is 0. The zero-order valence-corrected chi connectivity index (χ0v) is 12.8. The fourth-order valence-corrected chi connectivity index (χ4v) is 2.03. The number of methoxy groups -OCH3 is 2. The largest absolute Gasteiger partial charge is 0.497 e. The quantitative estimate of drug-likeness (QED) is 0.764. The number of aryl methyl sites for hydroxylation is 1. The number of rotatable bonds is 7. The van der Waals surface area contributed by atoms with Crippen molar-refractivity contribution in [1.82, 2.24) is 0 Å². The van der Waals surface area contributed by atoms with E-state index in [1.54, 1.807) is 14.2 Å². The van der Waals surface area contributed by atoms with Crippen molar-refractivity contribution in [3.63, 3.8) is 0 Å². The molecule has 4 heteroatoms. The molecule has 2 rings (SSSR count). The smallest absolute Gasteiger partial charge is 0.142 e. The predicted molar refractivity (Wildman–Crippen MR) is 87.7 cm³/mol. The number of hydrogen-bond donors (Lipinski definition) is 2. The lowest BCUT2D eigenvalue weighted by molar-refractivity contribution is 0.404. The van der Waals surface area contributed by atoms with Crippen LogP contribution in [-0.2, 0) is 0 Å². The minimum Gasteiger partial charge on any atom is -0.497 e. The summed E-state index contributed by atoms with van der Waals surface area (Å²) in [6, 6.07) is 14.1. The molecule has 2 aromatic carbocycles. The van der Waals surface area contributed by atoms with Crippen molar-refractivity contribution in [3.8, 4) is 11.5 Å². The topological polar surface area (TPSA) is 42.5 Å². The van der Waals surface area contributed by atoms with E-state index in [1.165, 1.54) is 5.56 Å². The Balaban J connectivity index is 1.86. The van der Waals surface area contributed by atoms with Gasteiger partial charge in [-0.3, -0.25) is 0 Å². The van der Waals surface area contributed by atoms with Gasteiger partial charge in [0, 0.05) is 24.8 Å². The average Bonchev–Trinajstić information content (AvgIpc) is 2.53. The molecule has 0 saturated heterocycles. The summed E-state index contributed by atoms with van der Waals surface area (Å²) in [6.07, 6.45) is 0. The van der Waals surface area contributed by atoms with Gasteiger partial charge < -0.3 is 20.1 Å². The van der Waals surface area contributed by atoms with E-state index in [-0.39, 0.29) is 0 Å². The van der Waals surface area contributed by atoms with Crippen LogP contribution in [0.1, 0.15) is 5.56 Å². The molecule has 0 atom stereocenters. The highest BCUT2D eigenvalue weighted by molar-refractivity contribution is 5.60. The standard InChI is InChI=1S/C17H22N2O2/c1-13-4-6-14(7-5-13)18-10-11-19-16-12-15(20-2)8-9-17(16)21-3/h4-9,12,18-19H,10-11H2,1-3H3. The van der Waals surface area contributed by atoms with Gasteiger partial charge in [-0.1, -0.05) is 17.7 Å². The Bertz CT molecular complexity index is 568. The summed E-state index contributed by atoms with van der Waals surface area (Å²) in [6.45, 7) is 3.70. The van der Waals surface area contributed by atoms with Gasteiger partial charge in [0.1, 0.15) is 11.5 Å². The van der Waals surface area contributed by atoms with E-state index in [0.29, 0.717) is 0 Å². The van der Waals surface area contributed by atoms with Gasteiger partial charge in [0.05, 0.1) is 19.9 Å². The maximum atomic E-state index is 5.33. The first kappa shape index (κ1) is 15.0. The van der Waals surface area contributed by atoms with E-state index in [1.807, 2.05) is 18.2 Å². The molecule has 2 aromatic rings. The molecule has 0 amide bonds. The first-order valence-corrected chi connectivity index (χ1v) is 6.99. The van der Waals surface area contributed by atoms with Gasteiger partial charge in [0.15, 0.2) is 0 Å². The molecular formula is C17H22N2O2. The number of ether oxygens (including phenoxy) is 2. The number of nitrogens with one attached hydrogen (secondary N) is 2. The van der Waals surface area contributed by atoms with Gasteiger partial charge in [0.2, 0.25) is 0 Å². The highest BCUT2D eigenvalue weighted by atomic mass is 16.5. The van der Waals surface area contributed by atoms with Crippen LogP contribution < -0.4 is 20.1 Å². The van der Waals surface area contributed by atoms with Gasteiger partial charge in [-0.2, -0.15) is 0 Å². The van der Waals surface area contributed by atoms with E-state index in [2.05, 4.69) is 41.8 Å². The Kier molecular flexibility index (Phi) is 5.32. The molecule has 0 aliphatic carbocycles. The molecule has 112 valence electrons. The third-order valence-corrected chi connectivity index (χ3v) is 3.23. The normalized spacial score (nSPS) is 10.0. The van der Waals surface area contributed by atoms with Crippen molar-refractivity contribution in [2.45, 2.75) is 6.92 Å². The third-order valence-electron chi connectivity index (χ3n) is 3.23. The van der Waals surface area contributed by atoms with E-state index < -0.39 is 0 Å². The molecule has 0 aliphatic heterocycles. The van der Waals surface area contributed by atoms with Crippen LogP contribution in [0.2, 0.25) is 0 Å². The van der Waals surface area contributed by atoms with Crippen molar-refractivity contribution in [3.05, 3.63) is 48.0 Å². The average molecular weight is 286 g/mol. The highest BCUT2D eigenvalue weighted by Crippen LogP contribution is 2.28. The van der Waals surface area contributed by atoms with Crippen LogP contribution in [0.4, 0.5) is 11.4 Å². The Morgan fingerprint density at radius 2 is 1.57 bits per heavy atom. The minimum absolute atomic E-state index is 0.789. The molecule has 21 heavy (non-hydrogen) atoms. The Labute approximate surface area is 126 Å². The molecule has 0 aliphatic rings. The third kappa shape index (κ3) is 4.31. The summed E-state index contributed by atoms with van der Waals surface area (Å²) in [7, 11) is 3.32. The fraction of sp³-hybridized carbons (Fsp3) is 0.294. The number of hydrogen-bond acceptors (Lipinski definition) is 4. The fourth-order valence-electron chi connectivity index (χ4n) is 2.03. The van der Waals surface area contributed by atoms with Gasteiger partial charge in [-0.15, -0.1) is 0 Å². The van der Waals surface area contributed by atoms with E-state index in [4.69, 9.17) is 9.47 Å². The van der Waals surface area contributed by atoms with Crippen LogP contribution in [0.25, 0.3) is 0 Å². The molecule has 0 fully saturated rings. The molecule has 0 saturated carbocycles. The van der Waals surface area contributed by atoms with E-state index in [9.17, 15) is 0 Å². The minimum atomic E-state index is 0.789. The van der Waals surface area contributed by atoms with Gasteiger partial charge in [-0.25, -0.2) is 0 Å². The maximum Gasteiger partial charge on any atom is 0.142 e. The van der Waals surface area contributed by atoms with Crippen LogP contribution in [0.3, 0.4) is 0 Å². The lowest BCUT2D eigenvalue weighted by atomic mass is 10.2. The molecule has 0 unspecified atom stereocenters. The molecule has 0 bridgehead atoms. The lowest BCUT2D eigenvalue weighted by Gasteiger charge is -2.13. The van der Waals surface area contributed by atoms with Gasteiger partial charge >= 0.3 is 0 Å². The Morgan fingerprint density at radius 1 is 0.857 bits per heavy atom. The van der Waals surface area contributed by atoms with Crippen molar-refractivity contribution >= 4 is 11.4 Å². The molecule has 0 spiro atoms. The van der Waals surface area contributed by atoms with Crippen LogP contribution >= 0.6 is 0 Å². The van der Waals surface area contributed by atoms with Crippen molar-refractivity contribution in [2.24, 2.45) is 0 Å². The SMILES string of the molecule is COc1ccc(OC)c(NCCNc2ccc(C)cc2)c1. The first-order chi connectivity index (χ1) is 10.2. The second kappa shape index (κ2) is 7.43. The van der Waals surface area contributed by atoms with E-state index >= 15 is 0 Å². The molecule has 0 heterocycles. The van der Waals surface area contributed by atoms with Gasteiger partial charge in [0.25, 0.3) is 0 Å². The second-order valence-corrected chi connectivity index (χ2v) is 4.79. The second-order valence-electron chi connectivity index (χ2n) is 4.79. The summed E-state index contributed by atoms with van der Waals surface area (Å²) in [5, 5.41) is 6.73. The van der Waals surface area contributed by atoms with Crippen LogP contribution in [0.5, 0.6) is 11.5 Å². The maximum absolute atomic E-state index is 5.33. The molecule has 2 N–H and O–H groups in total. The summed E-state index contributed by atoms with van der Waals surface area (Å²) in [5.74, 6) is 1.62. The van der Waals surface area contributed by atoms with Crippen LogP contribution in [-0.4, -0.2) is 27.3 Å². The first-order valence-electron chi connectivity index (χ1n) is 6.99. The summed E-state index contributed by atoms with van der Waals surface area (Å²) in [4.78, 5) is 0. The zero-order valence-electron chi connectivity index (χ0n) is 12.8. The molecule has 4 nitrogen and oxygen atoms in total. The zero-order chi connectivity index (χ0) is 15.1. The molecule has 0 aromatic heterocycles. The van der Waals surface area contributed by atoms with Crippen molar-refractivity contribution in [2.75, 3.05) is 37.9 Å². The summed E-state index contributed by atoms with van der Waals surface area (Å²) < 4.78 is 10.6. The van der Waals surface area contributed by atoms with E-state index in [0.717, 1.165) is 36.0 Å². The number of benzene rings is 2. The summed E-state index contributed by atoms with van der Waals surface area (Å²) in [5.41, 5.74) is 3.32. The number of anilines is 2. The lowest BCUT2D eigenvalue weighted by Crippen LogP contribution is -2.14. The van der Waals surface area contributed by atoms with Crippen LogP contribution in [0, 0.1) is 6.92 Å². The van der Waals surface area contributed by atoms with Crippen LogP contribution in [0.15, 0.2) is 42.5 Å². The molecule has 0 radical (unpaired) electrons. The monoisotopic (exact) mass is 286 g/mol.